The number of para-hydroxylation sites is 1. The molecule has 4 aromatic rings. The molecule has 0 saturated carbocycles. The molecule has 1 N–H and O–H groups in total. The first kappa shape index (κ1) is 16.0. The Labute approximate surface area is 151 Å². The molecule has 2 aromatic heterocycles. The Hall–Kier alpha value is -3.52. The summed E-state index contributed by atoms with van der Waals surface area (Å²) in [6.07, 6.45) is 2.84. The minimum absolute atomic E-state index is 0.0693. The number of nitro benzene ring substituents is 1. The average Bonchev–Trinajstić information content (AvgIpc) is 3.02. The van der Waals surface area contributed by atoms with Gasteiger partial charge in [-0.15, -0.1) is 0 Å². The van der Waals surface area contributed by atoms with Crippen LogP contribution in [0.3, 0.4) is 0 Å². The molecule has 0 spiro atoms. The summed E-state index contributed by atoms with van der Waals surface area (Å²) in [4.78, 5) is 18.8. The highest BCUT2D eigenvalue weighted by Gasteiger charge is 2.13. The van der Waals surface area contributed by atoms with E-state index in [1.165, 1.54) is 24.7 Å². The predicted molar refractivity (Wildman–Crippen MR) is 98.6 cm³/mol. The van der Waals surface area contributed by atoms with Gasteiger partial charge in [0.05, 0.1) is 11.1 Å². The number of nitro groups is 1. The van der Waals surface area contributed by atoms with Gasteiger partial charge in [0, 0.05) is 17.0 Å². The topological polar surface area (TPSA) is 106 Å². The van der Waals surface area contributed by atoms with Gasteiger partial charge in [0.25, 0.3) is 5.69 Å². The van der Waals surface area contributed by atoms with Crippen LogP contribution >= 0.6 is 11.6 Å². The Balaban J connectivity index is 1.65. The lowest BCUT2D eigenvalue weighted by atomic mass is 10.2. The molecule has 0 atom stereocenters. The number of nitrogens with one attached hydrogen (secondary N) is 1. The monoisotopic (exact) mass is 367 g/mol. The van der Waals surface area contributed by atoms with E-state index in [4.69, 9.17) is 16.0 Å². The fourth-order valence-corrected chi connectivity index (χ4v) is 2.71. The first-order valence-corrected chi connectivity index (χ1v) is 7.86. The first-order chi connectivity index (χ1) is 12.6. The van der Waals surface area contributed by atoms with Gasteiger partial charge in [-0.25, -0.2) is 9.97 Å². The van der Waals surface area contributed by atoms with Crippen LogP contribution in [-0.2, 0) is 0 Å². The van der Waals surface area contributed by atoms with Crippen molar-refractivity contribution in [3.8, 4) is 0 Å². The molecule has 0 saturated heterocycles. The van der Waals surface area contributed by atoms with E-state index in [0.717, 1.165) is 5.39 Å². The van der Waals surface area contributed by atoms with Crippen LogP contribution < -0.4 is 5.43 Å². The number of aromatic nitrogens is 2. The summed E-state index contributed by atoms with van der Waals surface area (Å²) in [5, 5.41) is 16.0. The number of anilines is 1. The number of rotatable bonds is 4. The number of furan rings is 1. The van der Waals surface area contributed by atoms with Crippen LogP contribution in [0.1, 0.15) is 5.56 Å². The molecule has 0 bridgehead atoms. The van der Waals surface area contributed by atoms with Crippen LogP contribution in [-0.4, -0.2) is 21.1 Å². The van der Waals surface area contributed by atoms with E-state index in [2.05, 4.69) is 20.5 Å². The maximum Gasteiger partial charge on any atom is 0.288 e. The summed E-state index contributed by atoms with van der Waals surface area (Å²) < 4.78 is 5.78. The van der Waals surface area contributed by atoms with Gasteiger partial charge in [0.1, 0.15) is 22.4 Å². The molecule has 0 aliphatic heterocycles. The SMILES string of the molecule is O=[N+]([O-])c1cc(/C=N\Nc2ncnc3c2oc2ccccc23)ccc1Cl. The summed E-state index contributed by atoms with van der Waals surface area (Å²) in [6, 6.07) is 11.9. The molecular formula is C17H10ClN5O3. The molecule has 26 heavy (non-hydrogen) atoms. The van der Waals surface area contributed by atoms with Crippen molar-refractivity contribution in [1.82, 2.24) is 9.97 Å². The molecule has 9 heteroatoms. The normalized spacial score (nSPS) is 11.4. The lowest BCUT2D eigenvalue weighted by Crippen LogP contribution is -1.96. The van der Waals surface area contributed by atoms with Crippen molar-refractivity contribution in [1.29, 1.82) is 0 Å². The zero-order valence-corrected chi connectivity index (χ0v) is 13.8. The number of hydrogen-bond donors (Lipinski definition) is 1. The van der Waals surface area contributed by atoms with E-state index >= 15 is 0 Å². The van der Waals surface area contributed by atoms with Crippen LogP contribution in [0.4, 0.5) is 11.5 Å². The molecule has 8 nitrogen and oxygen atoms in total. The smallest absolute Gasteiger partial charge is 0.288 e. The largest absolute Gasteiger partial charge is 0.450 e. The van der Waals surface area contributed by atoms with E-state index in [0.29, 0.717) is 28.1 Å². The van der Waals surface area contributed by atoms with Crippen molar-refractivity contribution in [2.75, 3.05) is 5.43 Å². The Morgan fingerprint density at radius 2 is 2.08 bits per heavy atom. The van der Waals surface area contributed by atoms with Gasteiger partial charge in [0.2, 0.25) is 0 Å². The molecule has 2 aromatic carbocycles. The second-order valence-corrected chi connectivity index (χ2v) is 5.74. The quantitative estimate of drug-likeness (QED) is 0.326. The second-order valence-electron chi connectivity index (χ2n) is 5.34. The number of nitrogens with zero attached hydrogens (tertiary/aromatic N) is 4. The summed E-state index contributed by atoms with van der Waals surface area (Å²) in [7, 11) is 0. The van der Waals surface area contributed by atoms with Crippen molar-refractivity contribution in [2.24, 2.45) is 5.10 Å². The fourth-order valence-electron chi connectivity index (χ4n) is 2.52. The lowest BCUT2D eigenvalue weighted by Gasteiger charge is -2.00. The second kappa shape index (κ2) is 6.41. The molecule has 4 rings (SSSR count). The van der Waals surface area contributed by atoms with Gasteiger partial charge < -0.3 is 4.42 Å². The van der Waals surface area contributed by atoms with Gasteiger partial charge in [-0.3, -0.25) is 15.5 Å². The van der Waals surface area contributed by atoms with Crippen molar-refractivity contribution >= 4 is 51.4 Å². The van der Waals surface area contributed by atoms with Gasteiger partial charge in [-0.2, -0.15) is 5.10 Å². The van der Waals surface area contributed by atoms with Gasteiger partial charge in [-0.05, 0) is 18.2 Å². The summed E-state index contributed by atoms with van der Waals surface area (Å²) in [5.41, 5.74) is 4.97. The zero-order valence-electron chi connectivity index (χ0n) is 13.1. The molecule has 2 heterocycles. The third-order valence-electron chi connectivity index (χ3n) is 3.71. The van der Waals surface area contributed by atoms with Crippen LogP contribution in [0.15, 0.2) is 58.3 Å². The van der Waals surface area contributed by atoms with Crippen LogP contribution in [0.2, 0.25) is 5.02 Å². The minimum atomic E-state index is -0.546. The Morgan fingerprint density at radius 3 is 2.92 bits per heavy atom. The first-order valence-electron chi connectivity index (χ1n) is 7.49. The van der Waals surface area contributed by atoms with E-state index in [-0.39, 0.29) is 10.7 Å². The number of hydrazone groups is 1. The summed E-state index contributed by atoms with van der Waals surface area (Å²) in [6.45, 7) is 0. The molecule has 0 amide bonds. The molecule has 128 valence electrons. The highest BCUT2D eigenvalue weighted by atomic mass is 35.5. The van der Waals surface area contributed by atoms with Crippen molar-refractivity contribution in [3.63, 3.8) is 0 Å². The number of fused-ring (bicyclic) bond motifs is 3. The van der Waals surface area contributed by atoms with Gasteiger partial charge in [0.15, 0.2) is 11.4 Å². The summed E-state index contributed by atoms with van der Waals surface area (Å²) >= 11 is 5.79. The van der Waals surface area contributed by atoms with Crippen LogP contribution in [0, 0.1) is 10.1 Å². The lowest BCUT2D eigenvalue weighted by molar-refractivity contribution is -0.384. The van der Waals surface area contributed by atoms with E-state index in [1.54, 1.807) is 6.07 Å². The van der Waals surface area contributed by atoms with Crippen molar-refractivity contribution in [3.05, 3.63) is 69.5 Å². The highest BCUT2D eigenvalue weighted by molar-refractivity contribution is 6.32. The van der Waals surface area contributed by atoms with Gasteiger partial charge >= 0.3 is 0 Å². The Kier molecular flexibility index (Phi) is 3.94. The number of halogens is 1. The van der Waals surface area contributed by atoms with Crippen LogP contribution in [0.5, 0.6) is 0 Å². The molecular weight excluding hydrogens is 358 g/mol. The third-order valence-corrected chi connectivity index (χ3v) is 4.03. The molecule has 0 aliphatic carbocycles. The maximum absolute atomic E-state index is 10.9. The van der Waals surface area contributed by atoms with Crippen molar-refractivity contribution < 1.29 is 9.34 Å². The third kappa shape index (κ3) is 2.82. The fraction of sp³-hybridized carbons (Fsp3) is 0. The molecule has 0 unspecified atom stereocenters. The standard InChI is InChI=1S/C17H10ClN5O3/c18-12-6-5-10(7-13(12)23(24)25)8-21-22-17-16-15(19-9-20-17)11-3-1-2-4-14(11)26-16/h1-9H,(H,19,20,22)/b21-8-. The Morgan fingerprint density at radius 1 is 1.23 bits per heavy atom. The average molecular weight is 368 g/mol. The highest BCUT2D eigenvalue weighted by Crippen LogP contribution is 2.30. The van der Waals surface area contributed by atoms with Crippen molar-refractivity contribution in [2.45, 2.75) is 0 Å². The van der Waals surface area contributed by atoms with Crippen LogP contribution in [0.25, 0.3) is 22.1 Å². The zero-order chi connectivity index (χ0) is 18.1. The molecule has 0 fully saturated rings. The molecule has 0 radical (unpaired) electrons. The number of benzene rings is 2. The van der Waals surface area contributed by atoms with E-state index < -0.39 is 4.92 Å². The summed E-state index contributed by atoms with van der Waals surface area (Å²) in [5.74, 6) is 0.394. The molecule has 0 aliphatic rings. The van der Waals surface area contributed by atoms with E-state index in [1.807, 2.05) is 24.3 Å². The van der Waals surface area contributed by atoms with Gasteiger partial charge in [-0.1, -0.05) is 29.8 Å². The Bertz CT molecular complexity index is 1170. The minimum Gasteiger partial charge on any atom is -0.450 e. The predicted octanol–water partition coefficient (Wildman–Crippen LogP) is 4.38. The maximum atomic E-state index is 10.9. The van der Waals surface area contributed by atoms with E-state index in [9.17, 15) is 10.1 Å². The number of hydrogen-bond acceptors (Lipinski definition) is 7.